The second-order valence-electron chi connectivity index (χ2n) is 2.83. The first-order valence-corrected chi connectivity index (χ1v) is 3.96. The molecule has 0 unspecified atom stereocenters. The van der Waals surface area contributed by atoms with Gasteiger partial charge in [-0.2, -0.15) is 4.98 Å². The molecule has 1 aromatic heterocycles. The zero-order valence-electron chi connectivity index (χ0n) is 6.91. The molecule has 12 heavy (non-hydrogen) atoms. The Kier molecular flexibility index (Phi) is 2.05. The van der Waals surface area contributed by atoms with E-state index in [1.54, 1.807) is 6.92 Å². The number of hydrogen-bond acceptors (Lipinski definition) is 5. The van der Waals surface area contributed by atoms with Gasteiger partial charge in [-0.1, -0.05) is 5.16 Å². The van der Waals surface area contributed by atoms with Crippen LogP contribution >= 0.6 is 0 Å². The number of aromatic nitrogens is 2. The fourth-order valence-corrected chi connectivity index (χ4v) is 0.968. The van der Waals surface area contributed by atoms with E-state index in [1.165, 1.54) is 0 Å². The number of hydrogen-bond donors (Lipinski definition) is 1. The van der Waals surface area contributed by atoms with Crippen LogP contribution in [0.25, 0.3) is 0 Å². The Balaban J connectivity index is 1.79. The molecule has 66 valence electrons. The van der Waals surface area contributed by atoms with Gasteiger partial charge < -0.3 is 14.6 Å². The van der Waals surface area contributed by atoms with Crippen LogP contribution in [0.1, 0.15) is 11.7 Å². The van der Waals surface area contributed by atoms with Crippen molar-refractivity contribution in [2.75, 3.05) is 13.1 Å². The van der Waals surface area contributed by atoms with Crippen molar-refractivity contribution in [3.05, 3.63) is 11.7 Å². The molecule has 0 radical (unpaired) electrons. The molecule has 2 heterocycles. The number of rotatable bonds is 3. The van der Waals surface area contributed by atoms with Crippen LogP contribution in [0.2, 0.25) is 0 Å². The lowest BCUT2D eigenvalue weighted by atomic mass is 10.2. The summed E-state index contributed by atoms with van der Waals surface area (Å²) in [6, 6.07) is 0. The van der Waals surface area contributed by atoms with Crippen molar-refractivity contribution in [2.45, 2.75) is 19.6 Å². The minimum absolute atomic E-state index is 0.317. The molecule has 0 aliphatic carbocycles. The first kappa shape index (κ1) is 7.70. The predicted molar refractivity (Wildman–Crippen MR) is 40.5 cm³/mol. The van der Waals surface area contributed by atoms with Gasteiger partial charge in [-0.15, -0.1) is 0 Å². The second kappa shape index (κ2) is 3.20. The molecular weight excluding hydrogens is 158 g/mol. The Morgan fingerprint density at radius 2 is 2.50 bits per heavy atom. The summed E-state index contributed by atoms with van der Waals surface area (Å²) in [6.45, 7) is 4.06. The predicted octanol–water partition coefficient (Wildman–Crippen LogP) is -0.134. The molecule has 0 atom stereocenters. The van der Waals surface area contributed by atoms with Gasteiger partial charge >= 0.3 is 0 Å². The Bertz CT molecular complexity index is 257. The maximum Gasteiger partial charge on any atom is 0.252 e. The fraction of sp³-hybridized carbons (Fsp3) is 0.714. The van der Waals surface area contributed by atoms with Gasteiger partial charge in [-0.25, -0.2) is 0 Å². The van der Waals surface area contributed by atoms with Gasteiger partial charge in [0, 0.05) is 13.1 Å². The van der Waals surface area contributed by atoms with Gasteiger partial charge in [0.1, 0.15) is 6.61 Å². The molecule has 1 aromatic rings. The summed E-state index contributed by atoms with van der Waals surface area (Å²) >= 11 is 0. The van der Waals surface area contributed by atoms with E-state index in [4.69, 9.17) is 9.26 Å². The van der Waals surface area contributed by atoms with Crippen molar-refractivity contribution in [2.24, 2.45) is 0 Å². The molecule has 5 nitrogen and oxygen atoms in total. The second-order valence-corrected chi connectivity index (χ2v) is 2.83. The average Bonchev–Trinajstić information content (AvgIpc) is 2.32. The summed E-state index contributed by atoms with van der Waals surface area (Å²) in [5.41, 5.74) is 0. The van der Waals surface area contributed by atoms with Crippen LogP contribution < -0.4 is 5.32 Å². The largest absolute Gasteiger partial charge is 0.366 e. The van der Waals surface area contributed by atoms with E-state index in [9.17, 15) is 0 Å². The molecule has 0 saturated carbocycles. The van der Waals surface area contributed by atoms with Gasteiger partial charge in [0.2, 0.25) is 0 Å². The van der Waals surface area contributed by atoms with Crippen molar-refractivity contribution in [3.63, 3.8) is 0 Å². The summed E-state index contributed by atoms with van der Waals surface area (Å²) < 4.78 is 10.3. The Labute approximate surface area is 70.1 Å². The van der Waals surface area contributed by atoms with Crippen LogP contribution in [-0.4, -0.2) is 29.3 Å². The number of nitrogens with zero attached hydrogens (tertiary/aromatic N) is 2. The maximum atomic E-state index is 5.42. The molecule has 1 fully saturated rings. The molecule has 0 aromatic carbocycles. The summed E-state index contributed by atoms with van der Waals surface area (Å²) in [5, 5.41) is 6.77. The van der Waals surface area contributed by atoms with Crippen molar-refractivity contribution >= 4 is 0 Å². The third-order valence-electron chi connectivity index (χ3n) is 1.76. The first-order chi connectivity index (χ1) is 5.84. The van der Waals surface area contributed by atoms with Crippen LogP contribution in [0, 0.1) is 6.92 Å². The molecule has 5 heteroatoms. The quantitative estimate of drug-likeness (QED) is 0.682. The third kappa shape index (κ3) is 1.62. The standard InChI is InChI=1S/C7H11N3O2/c1-5-9-7(12-10-5)4-11-6-2-8-3-6/h6,8H,2-4H2,1H3. The van der Waals surface area contributed by atoms with Crippen LogP contribution in [0.4, 0.5) is 0 Å². The van der Waals surface area contributed by atoms with Crippen LogP contribution in [0.3, 0.4) is 0 Å². The van der Waals surface area contributed by atoms with Crippen molar-refractivity contribution < 1.29 is 9.26 Å². The molecule has 0 bridgehead atoms. The number of nitrogens with one attached hydrogen (secondary N) is 1. The van der Waals surface area contributed by atoms with Gasteiger partial charge in [-0.05, 0) is 6.92 Å². The lowest BCUT2D eigenvalue weighted by molar-refractivity contribution is -0.00397. The Morgan fingerprint density at radius 1 is 1.67 bits per heavy atom. The first-order valence-electron chi connectivity index (χ1n) is 3.96. The van der Waals surface area contributed by atoms with Gasteiger partial charge in [0.25, 0.3) is 5.89 Å². The summed E-state index contributed by atoms with van der Waals surface area (Å²) in [6.07, 6.45) is 0.317. The topological polar surface area (TPSA) is 60.2 Å². The van der Waals surface area contributed by atoms with E-state index in [0.717, 1.165) is 13.1 Å². The SMILES string of the molecule is Cc1noc(COC2CNC2)n1. The minimum atomic E-state index is 0.317. The minimum Gasteiger partial charge on any atom is -0.366 e. The highest BCUT2D eigenvalue weighted by atomic mass is 16.5. The Morgan fingerprint density at radius 3 is 3.00 bits per heavy atom. The Hall–Kier alpha value is -0.940. The summed E-state index contributed by atoms with van der Waals surface area (Å²) in [5.74, 6) is 1.21. The van der Waals surface area contributed by atoms with Crippen LogP contribution in [0.5, 0.6) is 0 Å². The smallest absolute Gasteiger partial charge is 0.252 e. The molecular formula is C7H11N3O2. The monoisotopic (exact) mass is 169 g/mol. The van der Waals surface area contributed by atoms with E-state index in [0.29, 0.717) is 24.4 Å². The summed E-state index contributed by atoms with van der Waals surface area (Å²) in [7, 11) is 0. The lowest BCUT2D eigenvalue weighted by Gasteiger charge is -2.26. The average molecular weight is 169 g/mol. The molecule has 0 amide bonds. The van der Waals surface area contributed by atoms with Crippen molar-refractivity contribution in [3.8, 4) is 0 Å². The van der Waals surface area contributed by atoms with Crippen LogP contribution in [0.15, 0.2) is 4.52 Å². The highest BCUT2D eigenvalue weighted by molar-refractivity contribution is 4.82. The maximum absolute atomic E-state index is 5.42. The van der Waals surface area contributed by atoms with E-state index < -0.39 is 0 Å². The van der Waals surface area contributed by atoms with Crippen molar-refractivity contribution in [1.82, 2.24) is 15.5 Å². The molecule has 1 aliphatic heterocycles. The van der Waals surface area contributed by atoms with E-state index >= 15 is 0 Å². The van der Waals surface area contributed by atoms with E-state index in [-0.39, 0.29) is 0 Å². The third-order valence-corrected chi connectivity index (χ3v) is 1.76. The van der Waals surface area contributed by atoms with Gasteiger partial charge in [0.05, 0.1) is 6.10 Å². The van der Waals surface area contributed by atoms with Crippen molar-refractivity contribution in [1.29, 1.82) is 0 Å². The highest BCUT2D eigenvalue weighted by Crippen LogP contribution is 2.03. The fourth-order valence-electron chi connectivity index (χ4n) is 0.968. The summed E-state index contributed by atoms with van der Waals surface area (Å²) in [4.78, 5) is 4.02. The molecule has 1 aliphatic rings. The van der Waals surface area contributed by atoms with Gasteiger partial charge in [0.15, 0.2) is 5.82 Å². The zero-order chi connectivity index (χ0) is 8.39. The molecule has 2 rings (SSSR count). The molecule has 1 N–H and O–H groups in total. The molecule has 0 spiro atoms. The number of aryl methyl sites for hydroxylation is 1. The van der Waals surface area contributed by atoms with E-state index in [2.05, 4.69) is 15.5 Å². The van der Waals surface area contributed by atoms with Crippen LogP contribution in [-0.2, 0) is 11.3 Å². The number of ether oxygens (including phenoxy) is 1. The lowest BCUT2D eigenvalue weighted by Crippen LogP contribution is -2.48. The normalized spacial score (nSPS) is 17.8. The van der Waals surface area contributed by atoms with E-state index in [1.807, 2.05) is 0 Å². The van der Waals surface area contributed by atoms with Gasteiger partial charge in [-0.3, -0.25) is 0 Å². The highest BCUT2D eigenvalue weighted by Gasteiger charge is 2.17. The zero-order valence-corrected chi connectivity index (χ0v) is 6.91. The molecule has 1 saturated heterocycles.